The highest BCUT2D eigenvalue weighted by Crippen LogP contribution is 2.28. The number of hydrogen-bond donors (Lipinski definition) is 1. The Kier molecular flexibility index (Phi) is 6.14. The summed E-state index contributed by atoms with van der Waals surface area (Å²) in [6.07, 6.45) is 2.76. The number of ether oxygens (including phenoxy) is 1. The van der Waals surface area contributed by atoms with E-state index in [1.807, 2.05) is 12.1 Å². The molecule has 1 fully saturated rings. The normalized spacial score (nSPS) is 18.2. The zero-order valence-corrected chi connectivity index (χ0v) is 16.4. The van der Waals surface area contributed by atoms with E-state index in [1.165, 1.54) is 11.8 Å². The van der Waals surface area contributed by atoms with E-state index in [2.05, 4.69) is 26.2 Å². The van der Waals surface area contributed by atoms with Crippen molar-refractivity contribution in [2.45, 2.75) is 36.2 Å². The summed E-state index contributed by atoms with van der Waals surface area (Å²) in [4.78, 5) is 29.8. The quantitative estimate of drug-likeness (QED) is 0.745. The molecule has 0 bridgehead atoms. The van der Waals surface area contributed by atoms with E-state index in [4.69, 9.17) is 4.74 Å². The van der Waals surface area contributed by atoms with Crippen LogP contribution in [0.2, 0.25) is 0 Å². The summed E-state index contributed by atoms with van der Waals surface area (Å²) in [7, 11) is 1.60. The number of aromatic nitrogens is 2. The van der Waals surface area contributed by atoms with E-state index in [1.54, 1.807) is 17.7 Å². The minimum absolute atomic E-state index is 0.0194. The van der Waals surface area contributed by atoms with Crippen LogP contribution in [0.5, 0.6) is 0 Å². The van der Waals surface area contributed by atoms with Gasteiger partial charge in [-0.25, -0.2) is 4.98 Å². The first kappa shape index (κ1) is 18.4. The molecule has 6 nitrogen and oxygen atoms in total. The number of methoxy groups -OCH3 is 1. The molecule has 3 rings (SSSR count). The molecule has 1 amide bonds. The zero-order valence-electron chi connectivity index (χ0n) is 14.0. The van der Waals surface area contributed by atoms with Gasteiger partial charge < -0.3 is 10.1 Å². The molecular weight excluding hydrogens is 406 g/mol. The third-order valence-corrected chi connectivity index (χ3v) is 5.88. The van der Waals surface area contributed by atoms with Crippen LogP contribution in [0.25, 0.3) is 10.9 Å². The van der Waals surface area contributed by atoms with Gasteiger partial charge in [0.1, 0.15) is 0 Å². The number of benzene rings is 1. The van der Waals surface area contributed by atoms with Crippen molar-refractivity contribution in [3.8, 4) is 0 Å². The molecule has 2 aromatic rings. The lowest BCUT2D eigenvalue weighted by Crippen LogP contribution is -2.32. The SMILES string of the molecule is COCCn1c(SC2CCCCNC2=O)nc2ccc(Br)cc2c1=O. The lowest BCUT2D eigenvalue weighted by Gasteiger charge is -2.17. The Labute approximate surface area is 158 Å². The zero-order chi connectivity index (χ0) is 17.8. The summed E-state index contributed by atoms with van der Waals surface area (Å²) in [5, 5.41) is 3.83. The van der Waals surface area contributed by atoms with Gasteiger partial charge in [-0.3, -0.25) is 14.2 Å². The molecule has 1 unspecified atom stereocenters. The molecule has 1 N–H and O–H groups in total. The largest absolute Gasteiger partial charge is 0.383 e. The Bertz CT molecular complexity index is 840. The highest BCUT2D eigenvalue weighted by Gasteiger charge is 2.24. The molecule has 8 heteroatoms. The van der Waals surface area contributed by atoms with E-state index in [0.717, 1.165) is 23.7 Å². The Hall–Kier alpha value is -1.38. The molecule has 1 aromatic heterocycles. The molecule has 2 heterocycles. The number of carbonyl (C=O) groups is 1. The second kappa shape index (κ2) is 8.33. The van der Waals surface area contributed by atoms with E-state index >= 15 is 0 Å². The minimum Gasteiger partial charge on any atom is -0.383 e. The summed E-state index contributed by atoms with van der Waals surface area (Å²) >= 11 is 4.77. The molecule has 1 atom stereocenters. The number of amides is 1. The summed E-state index contributed by atoms with van der Waals surface area (Å²) in [6, 6.07) is 5.46. The van der Waals surface area contributed by atoms with Gasteiger partial charge >= 0.3 is 0 Å². The van der Waals surface area contributed by atoms with Gasteiger partial charge in [0.15, 0.2) is 5.16 Å². The first-order valence-corrected chi connectivity index (χ1v) is 9.91. The number of hydrogen-bond acceptors (Lipinski definition) is 5. The number of nitrogens with one attached hydrogen (secondary N) is 1. The molecular formula is C17H20BrN3O3S. The predicted molar refractivity (Wildman–Crippen MR) is 102 cm³/mol. The predicted octanol–water partition coefficient (Wildman–Crippen LogP) is 2.57. The van der Waals surface area contributed by atoms with Crippen LogP contribution in [0.15, 0.2) is 32.6 Å². The van der Waals surface area contributed by atoms with Crippen molar-refractivity contribution in [1.82, 2.24) is 14.9 Å². The summed E-state index contributed by atoms with van der Waals surface area (Å²) in [5.41, 5.74) is 0.526. The first-order chi connectivity index (χ1) is 12.1. The van der Waals surface area contributed by atoms with Gasteiger partial charge in [-0.2, -0.15) is 0 Å². The molecule has 0 saturated carbocycles. The van der Waals surface area contributed by atoms with Crippen LogP contribution in [0.4, 0.5) is 0 Å². The maximum atomic E-state index is 12.9. The average molecular weight is 426 g/mol. The highest BCUT2D eigenvalue weighted by molar-refractivity contribution is 9.10. The second-order valence-electron chi connectivity index (χ2n) is 5.90. The van der Waals surface area contributed by atoms with Gasteiger partial charge in [0.05, 0.1) is 29.3 Å². The lowest BCUT2D eigenvalue weighted by molar-refractivity contribution is -0.120. The van der Waals surface area contributed by atoms with Crippen LogP contribution in [-0.2, 0) is 16.1 Å². The van der Waals surface area contributed by atoms with E-state index in [0.29, 0.717) is 35.8 Å². The molecule has 0 radical (unpaired) electrons. The summed E-state index contributed by atoms with van der Waals surface area (Å²) in [6.45, 7) is 1.53. The van der Waals surface area contributed by atoms with Crippen LogP contribution in [0.1, 0.15) is 19.3 Å². The van der Waals surface area contributed by atoms with Gasteiger partial charge in [0.25, 0.3) is 5.56 Å². The average Bonchev–Trinajstić information content (AvgIpc) is 2.80. The van der Waals surface area contributed by atoms with Crippen LogP contribution in [-0.4, -0.2) is 41.0 Å². The van der Waals surface area contributed by atoms with E-state index in [-0.39, 0.29) is 16.7 Å². The van der Waals surface area contributed by atoms with Crippen molar-refractivity contribution in [3.63, 3.8) is 0 Å². The standard InChI is InChI=1S/C17H20BrN3O3S/c1-24-9-8-21-16(23)12-10-11(18)5-6-13(12)20-17(21)25-14-4-2-3-7-19-15(14)22/h5-6,10,14H,2-4,7-9H2,1H3,(H,19,22). The Balaban J connectivity index is 2.03. The van der Waals surface area contributed by atoms with Crippen molar-refractivity contribution in [2.75, 3.05) is 20.3 Å². The topological polar surface area (TPSA) is 73.2 Å². The van der Waals surface area contributed by atoms with Gasteiger partial charge in [0, 0.05) is 18.1 Å². The number of rotatable bonds is 5. The van der Waals surface area contributed by atoms with Gasteiger partial charge in [-0.1, -0.05) is 34.1 Å². The molecule has 1 aliphatic heterocycles. The van der Waals surface area contributed by atoms with Crippen molar-refractivity contribution in [1.29, 1.82) is 0 Å². The molecule has 0 aliphatic carbocycles. The maximum absolute atomic E-state index is 12.9. The number of nitrogens with zero attached hydrogens (tertiary/aromatic N) is 2. The molecule has 25 heavy (non-hydrogen) atoms. The van der Waals surface area contributed by atoms with Crippen molar-refractivity contribution in [3.05, 3.63) is 33.0 Å². The number of fused-ring (bicyclic) bond motifs is 1. The van der Waals surface area contributed by atoms with E-state index < -0.39 is 0 Å². The fourth-order valence-electron chi connectivity index (χ4n) is 2.79. The van der Waals surface area contributed by atoms with Crippen molar-refractivity contribution >= 4 is 44.5 Å². The first-order valence-electron chi connectivity index (χ1n) is 8.23. The van der Waals surface area contributed by atoms with Crippen molar-refractivity contribution < 1.29 is 9.53 Å². The van der Waals surface area contributed by atoms with Crippen LogP contribution >= 0.6 is 27.7 Å². The molecule has 134 valence electrons. The third kappa shape index (κ3) is 4.24. The van der Waals surface area contributed by atoms with Gasteiger partial charge in [-0.05, 0) is 31.0 Å². The fourth-order valence-corrected chi connectivity index (χ4v) is 4.34. The lowest BCUT2D eigenvalue weighted by atomic mass is 10.2. The highest BCUT2D eigenvalue weighted by atomic mass is 79.9. The van der Waals surface area contributed by atoms with Crippen LogP contribution in [0, 0.1) is 0 Å². The van der Waals surface area contributed by atoms with Crippen LogP contribution < -0.4 is 10.9 Å². The Morgan fingerprint density at radius 3 is 3.04 bits per heavy atom. The monoisotopic (exact) mass is 425 g/mol. The molecule has 1 aromatic carbocycles. The van der Waals surface area contributed by atoms with Crippen LogP contribution in [0.3, 0.4) is 0 Å². The number of carbonyl (C=O) groups excluding carboxylic acids is 1. The third-order valence-electron chi connectivity index (χ3n) is 4.13. The fraction of sp³-hybridized carbons (Fsp3) is 0.471. The van der Waals surface area contributed by atoms with E-state index in [9.17, 15) is 9.59 Å². The summed E-state index contributed by atoms with van der Waals surface area (Å²) in [5.74, 6) is 0.0194. The molecule has 1 saturated heterocycles. The maximum Gasteiger partial charge on any atom is 0.262 e. The molecule has 1 aliphatic rings. The smallest absolute Gasteiger partial charge is 0.262 e. The number of thioether (sulfide) groups is 1. The summed E-state index contributed by atoms with van der Waals surface area (Å²) < 4.78 is 7.58. The second-order valence-corrected chi connectivity index (χ2v) is 7.98. The Morgan fingerprint density at radius 1 is 1.40 bits per heavy atom. The number of halogens is 1. The minimum atomic E-state index is -0.226. The van der Waals surface area contributed by atoms with Gasteiger partial charge in [0.2, 0.25) is 5.91 Å². The van der Waals surface area contributed by atoms with Gasteiger partial charge in [-0.15, -0.1) is 0 Å². The Morgan fingerprint density at radius 2 is 2.24 bits per heavy atom. The molecule has 0 spiro atoms. The van der Waals surface area contributed by atoms with Crippen molar-refractivity contribution in [2.24, 2.45) is 0 Å².